The summed E-state index contributed by atoms with van der Waals surface area (Å²) in [5, 5.41) is 12.8. The van der Waals surface area contributed by atoms with Gasteiger partial charge in [0.05, 0.1) is 5.71 Å². The molecule has 0 aliphatic carbocycles. The largest absolute Gasteiger partial charge is 0.480 e. The topological polar surface area (TPSA) is 64.9 Å². The first-order valence-electron chi connectivity index (χ1n) is 9.09. The fourth-order valence-electron chi connectivity index (χ4n) is 3.29. The third-order valence-corrected chi connectivity index (χ3v) is 5.23. The Morgan fingerprint density at radius 1 is 1.22 bits per heavy atom. The maximum atomic E-state index is 11.1. The number of hydrogen-bond acceptors (Lipinski definition) is 4. The lowest BCUT2D eigenvalue weighted by Gasteiger charge is -2.31. The zero-order chi connectivity index (χ0) is 19.2. The first-order chi connectivity index (χ1) is 13.0. The van der Waals surface area contributed by atoms with Crippen LogP contribution in [0.2, 0.25) is 0 Å². The van der Waals surface area contributed by atoms with Crippen LogP contribution in [0.15, 0.2) is 58.0 Å². The van der Waals surface area contributed by atoms with E-state index in [1.807, 2.05) is 48.5 Å². The van der Waals surface area contributed by atoms with E-state index in [-0.39, 0.29) is 6.54 Å². The van der Waals surface area contributed by atoms with Crippen LogP contribution < -0.4 is 5.32 Å². The van der Waals surface area contributed by atoms with E-state index in [1.54, 1.807) is 0 Å². The molecule has 1 aliphatic heterocycles. The number of aliphatic carboxylic acids is 1. The molecule has 27 heavy (non-hydrogen) atoms. The molecule has 0 aromatic heterocycles. The predicted molar refractivity (Wildman–Crippen MR) is 113 cm³/mol. The molecule has 0 saturated carbocycles. The van der Waals surface area contributed by atoms with Gasteiger partial charge < -0.3 is 15.3 Å². The molecule has 1 fully saturated rings. The summed E-state index contributed by atoms with van der Waals surface area (Å²) < 4.78 is 0.936. The number of halogens is 1. The summed E-state index contributed by atoms with van der Waals surface area (Å²) >= 11 is 3.54. The van der Waals surface area contributed by atoms with Crippen LogP contribution in [0.4, 0.5) is 5.69 Å². The average Bonchev–Trinajstić information content (AvgIpc) is 2.66. The summed E-state index contributed by atoms with van der Waals surface area (Å²) in [4.78, 5) is 17.9. The van der Waals surface area contributed by atoms with E-state index < -0.39 is 5.97 Å². The highest BCUT2D eigenvalue weighted by molar-refractivity contribution is 9.10. The molecule has 0 amide bonds. The molecule has 0 radical (unpaired) electrons. The van der Waals surface area contributed by atoms with E-state index in [0.29, 0.717) is 11.8 Å². The Kier molecular flexibility index (Phi) is 6.63. The zero-order valence-corrected chi connectivity index (χ0v) is 16.9. The van der Waals surface area contributed by atoms with Gasteiger partial charge in [-0.2, -0.15) is 0 Å². The number of rotatable bonds is 6. The SMILES string of the molecule is CN1CCC(Nc2ccc(Br)cc2C(=NCC(=O)O)c2ccccc2)CC1. The van der Waals surface area contributed by atoms with Gasteiger partial charge in [-0.15, -0.1) is 0 Å². The highest BCUT2D eigenvalue weighted by Crippen LogP contribution is 2.27. The summed E-state index contributed by atoms with van der Waals surface area (Å²) in [6, 6.07) is 16.2. The number of carboxylic acid groups (broad SMARTS) is 1. The van der Waals surface area contributed by atoms with Crippen molar-refractivity contribution in [2.24, 2.45) is 4.99 Å². The first-order valence-corrected chi connectivity index (χ1v) is 9.89. The van der Waals surface area contributed by atoms with E-state index in [2.05, 4.69) is 38.2 Å². The summed E-state index contributed by atoms with van der Waals surface area (Å²) in [5.41, 5.74) is 3.49. The molecule has 5 nitrogen and oxygen atoms in total. The van der Waals surface area contributed by atoms with Gasteiger partial charge in [-0.1, -0.05) is 46.3 Å². The standard InChI is InChI=1S/C21H24BrN3O2/c1-25-11-9-17(10-12-25)24-19-8-7-16(22)13-18(19)21(23-14-20(26)27)15-5-3-2-4-6-15/h2-8,13,17,24H,9-12,14H2,1H3,(H,26,27). The second-order valence-electron chi connectivity index (χ2n) is 6.84. The number of carboxylic acids is 1. The van der Waals surface area contributed by atoms with E-state index >= 15 is 0 Å². The van der Waals surface area contributed by atoms with Crippen LogP contribution in [0.3, 0.4) is 0 Å². The van der Waals surface area contributed by atoms with E-state index in [4.69, 9.17) is 5.11 Å². The Labute approximate surface area is 168 Å². The molecule has 1 heterocycles. The Hall–Kier alpha value is -2.18. The molecule has 0 bridgehead atoms. The number of anilines is 1. The quantitative estimate of drug-likeness (QED) is 0.683. The van der Waals surface area contributed by atoms with Crippen molar-refractivity contribution >= 4 is 33.3 Å². The number of aliphatic imine (C=N–C) groups is 1. The zero-order valence-electron chi connectivity index (χ0n) is 15.4. The van der Waals surface area contributed by atoms with Crippen molar-refractivity contribution in [1.82, 2.24) is 4.90 Å². The molecule has 0 unspecified atom stereocenters. The molecule has 1 aliphatic rings. The van der Waals surface area contributed by atoms with Crippen LogP contribution in [-0.4, -0.2) is 54.4 Å². The van der Waals surface area contributed by atoms with Gasteiger partial charge in [-0.05, 0) is 51.2 Å². The lowest BCUT2D eigenvalue weighted by atomic mass is 9.98. The van der Waals surface area contributed by atoms with E-state index in [9.17, 15) is 4.79 Å². The minimum atomic E-state index is -0.941. The van der Waals surface area contributed by atoms with Crippen LogP contribution in [-0.2, 0) is 4.79 Å². The minimum Gasteiger partial charge on any atom is -0.480 e. The normalized spacial score (nSPS) is 16.3. The number of benzene rings is 2. The molecule has 0 spiro atoms. The van der Waals surface area contributed by atoms with Gasteiger partial charge in [0, 0.05) is 27.3 Å². The maximum Gasteiger partial charge on any atom is 0.325 e. The van der Waals surface area contributed by atoms with Crippen LogP contribution >= 0.6 is 15.9 Å². The number of hydrogen-bond donors (Lipinski definition) is 2. The van der Waals surface area contributed by atoms with Crippen molar-refractivity contribution in [2.75, 3.05) is 32.0 Å². The second-order valence-corrected chi connectivity index (χ2v) is 7.75. The van der Waals surface area contributed by atoms with Gasteiger partial charge in [0.25, 0.3) is 0 Å². The van der Waals surface area contributed by atoms with Gasteiger partial charge in [0.1, 0.15) is 6.54 Å². The molecule has 0 atom stereocenters. The summed E-state index contributed by atoms with van der Waals surface area (Å²) in [6.45, 7) is 1.88. The highest BCUT2D eigenvalue weighted by atomic mass is 79.9. The van der Waals surface area contributed by atoms with E-state index in [0.717, 1.165) is 47.2 Å². The van der Waals surface area contributed by atoms with Crippen molar-refractivity contribution in [3.05, 3.63) is 64.1 Å². The molecule has 3 rings (SSSR count). The summed E-state index contributed by atoms with van der Waals surface area (Å²) in [7, 11) is 2.15. The Morgan fingerprint density at radius 2 is 1.93 bits per heavy atom. The Bertz CT molecular complexity index is 815. The number of carbonyl (C=O) groups is 1. The van der Waals surface area contributed by atoms with Crippen molar-refractivity contribution in [1.29, 1.82) is 0 Å². The lowest BCUT2D eigenvalue weighted by molar-refractivity contribution is -0.135. The molecule has 2 N–H and O–H groups in total. The molecular weight excluding hydrogens is 406 g/mol. The molecule has 2 aromatic carbocycles. The predicted octanol–water partition coefficient (Wildman–Crippen LogP) is 3.88. The van der Waals surface area contributed by atoms with Crippen LogP contribution in [0.1, 0.15) is 24.0 Å². The number of nitrogens with one attached hydrogen (secondary N) is 1. The van der Waals surface area contributed by atoms with Crippen LogP contribution in [0.25, 0.3) is 0 Å². The molecular formula is C21H24BrN3O2. The van der Waals surface area contributed by atoms with Crippen molar-refractivity contribution in [3.63, 3.8) is 0 Å². The van der Waals surface area contributed by atoms with Crippen molar-refractivity contribution in [3.8, 4) is 0 Å². The third kappa shape index (κ3) is 5.40. The van der Waals surface area contributed by atoms with Gasteiger partial charge >= 0.3 is 5.97 Å². The van der Waals surface area contributed by atoms with Crippen molar-refractivity contribution in [2.45, 2.75) is 18.9 Å². The smallest absolute Gasteiger partial charge is 0.325 e. The highest BCUT2D eigenvalue weighted by Gasteiger charge is 2.19. The maximum absolute atomic E-state index is 11.1. The van der Waals surface area contributed by atoms with Gasteiger partial charge in [-0.25, -0.2) is 0 Å². The van der Waals surface area contributed by atoms with E-state index in [1.165, 1.54) is 0 Å². The molecule has 142 valence electrons. The summed E-state index contributed by atoms with van der Waals surface area (Å²) in [5.74, 6) is -0.941. The van der Waals surface area contributed by atoms with Gasteiger partial charge in [0.2, 0.25) is 0 Å². The average molecular weight is 430 g/mol. The lowest BCUT2D eigenvalue weighted by Crippen LogP contribution is -2.37. The summed E-state index contributed by atoms with van der Waals surface area (Å²) in [6.07, 6.45) is 2.16. The fraction of sp³-hybridized carbons (Fsp3) is 0.333. The van der Waals surface area contributed by atoms with Gasteiger partial charge in [0.15, 0.2) is 0 Å². The fourth-order valence-corrected chi connectivity index (χ4v) is 3.65. The molecule has 2 aromatic rings. The molecule has 6 heteroatoms. The van der Waals surface area contributed by atoms with Crippen molar-refractivity contribution < 1.29 is 9.90 Å². The van der Waals surface area contributed by atoms with Gasteiger partial charge in [-0.3, -0.25) is 9.79 Å². The third-order valence-electron chi connectivity index (χ3n) is 4.73. The monoisotopic (exact) mass is 429 g/mol. The molecule has 1 saturated heterocycles. The second kappa shape index (κ2) is 9.15. The minimum absolute atomic E-state index is 0.260. The number of nitrogens with zero attached hydrogens (tertiary/aromatic N) is 2. The number of likely N-dealkylation sites (tertiary alicyclic amines) is 1. The first kappa shape index (κ1) is 19.6. The van der Waals surface area contributed by atoms with Crippen LogP contribution in [0.5, 0.6) is 0 Å². The Balaban J connectivity index is 1.97. The Morgan fingerprint density at radius 3 is 2.59 bits per heavy atom. The van der Waals surface area contributed by atoms with Crippen LogP contribution in [0, 0.1) is 0 Å². The number of piperidine rings is 1.